The van der Waals surface area contributed by atoms with Crippen molar-refractivity contribution in [3.05, 3.63) is 52.0 Å². The summed E-state index contributed by atoms with van der Waals surface area (Å²) >= 11 is 12.2. The van der Waals surface area contributed by atoms with E-state index in [9.17, 15) is 4.79 Å². The molecule has 0 saturated carbocycles. The number of carbonyl (C=O) groups is 1. The first-order valence-corrected chi connectivity index (χ1v) is 8.96. The number of carbonyl (C=O) groups excluding carboxylic acids is 1. The minimum Gasteiger partial charge on any atom is -0.333 e. The lowest BCUT2D eigenvalue weighted by atomic mass is 10.1. The maximum Gasteiger partial charge on any atom is 0.318 e. The summed E-state index contributed by atoms with van der Waals surface area (Å²) in [5, 5.41) is 4.20. The Labute approximate surface area is 158 Å². The molecule has 0 spiro atoms. The second-order valence-electron chi connectivity index (χ2n) is 6.90. The van der Waals surface area contributed by atoms with Crippen LogP contribution in [0, 0.1) is 0 Å². The van der Waals surface area contributed by atoms with E-state index in [0.29, 0.717) is 29.7 Å². The Bertz CT molecular complexity index is 737. The minimum absolute atomic E-state index is 0.103. The molecule has 5 nitrogen and oxygen atoms in total. The number of hydrogen-bond acceptors (Lipinski definition) is 2. The van der Waals surface area contributed by atoms with Crippen molar-refractivity contribution in [1.82, 2.24) is 19.8 Å². The zero-order valence-electron chi connectivity index (χ0n) is 15.0. The van der Waals surface area contributed by atoms with Crippen LogP contribution in [-0.2, 0) is 13.1 Å². The predicted octanol–water partition coefficient (Wildman–Crippen LogP) is 4.57. The number of halogens is 2. The van der Waals surface area contributed by atoms with Crippen LogP contribution in [-0.4, -0.2) is 32.6 Å². The van der Waals surface area contributed by atoms with Crippen LogP contribution in [0.15, 0.2) is 30.6 Å². The van der Waals surface area contributed by atoms with Crippen molar-refractivity contribution in [3.8, 4) is 0 Å². The molecule has 1 aromatic carbocycles. The van der Waals surface area contributed by atoms with Gasteiger partial charge in [-0.15, -0.1) is 0 Å². The number of hydrogen-bond donors (Lipinski definition) is 1. The molecule has 7 heteroatoms. The minimum atomic E-state index is -0.281. The largest absolute Gasteiger partial charge is 0.333 e. The van der Waals surface area contributed by atoms with Gasteiger partial charge in [-0.05, 0) is 45.4 Å². The number of amides is 2. The van der Waals surface area contributed by atoms with Crippen LogP contribution >= 0.6 is 23.2 Å². The first kappa shape index (κ1) is 19.6. The van der Waals surface area contributed by atoms with Crippen molar-refractivity contribution < 1.29 is 4.79 Å². The summed E-state index contributed by atoms with van der Waals surface area (Å²) in [6.45, 7) is 9.43. The summed E-state index contributed by atoms with van der Waals surface area (Å²) in [4.78, 5) is 18.5. The number of aromatic nitrogens is 2. The Morgan fingerprint density at radius 2 is 2.04 bits per heavy atom. The highest BCUT2D eigenvalue weighted by molar-refractivity contribution is 6.35. The number of rotatable bonds is 5. The molecule has 2 aromatic rings. The molecule has 0 saturated heterocycles. The van der Waals surface area contributed by atoms with Crippen LogP contribution in [0.5, 0.6) is 0 Å². The van der Waals surface area contributed by atoms with E-state index in [0.717, 1.165) is 11.4 Å². The molecule has 25 heavy (non-hydrogen) atoms. The average Bonchev–Trinajstić information content (AvgIpc) is 2.92. The Morgan fingerprint density at radius 3 is 2.64 bits per heavy atom. The molecule has 0 aliphatic carbocycles. The molecule has 0 aliphatic heterocycles. The second-order valence-corrected chi connectivity index (χ2v) is 7.75. The molecule has 1 aromatic heterocycles. The smallest absolute Gasteiger partial charge is 0.318 e. The number of imidazole rings is 1. The Hall–Kier alpha value is -1.72. The highest BCUT2D eigenvalue weighted by atomic mass is 35.5. The van der Waals surface area contributed by atoms with Crippen molar-refractivity contribution in [2.24, 2.45) is 0 Å². The molecule has 0 unspecified atom stereocenters. The van der Waals surface area contributed by atoms with Gasteiger partial charge in [-0.25, -0.2) is 9.78 Å². The van der Waals surface area contributed by atoms with Crippen LogP contribution in [0.4, 0.5) is 4.79 Å². The van der Waals surface area contributed by atoms with Gasteiger partial charge in [0.1, 0.15) is 5.82 Å². The standard InChI is InChI=1S/C18H24Cl2N4O/c1-5-23(17(25)22-18(2,3)4)12-16-21-8-9-24(16)11-13-6-7-14(19)10-15(13)20/h6-10H,5,11-12H2,1-4H3,(H,22,25). The third kappa shape index (κ3) is 5.65. The van der Waals surface area contributed by atoms with Gasteiger partial charge < -0.3 is 14.8 Å². The highest BCUT2D eigenvalue weighted by Gasteiger charge is 2.20. The third-order valence-electron chi connectivity index (χ3n) is 3.64. The summed E-state index contributed by atoms with van der Waals surface area (Å²) < 4.78 is 1.99. The van der Waals surface area contributed by atoms with Crippen molar-refractivity contribution >= 4 is 29.2 Å². The summed E-state index contributed by atoms with van der Waals surface area (Å²) in [6, 6.07) is 5.34. The molecule has 0 bridgehead atoms. The number of nitrogens with one attached hydrogen (secondary N) is 1. The normalized spacial score (nSPS) is 11.4. The van der Waals surface area contributed by atoms with E-state index in [1.807, 2.05) is 50.6 Å². The second kappa shape index (κ2) is 8.11. The van der Waals surface area contributed by atoms with Crippen molar-refractivity contribution in [1.29, 1.82) is 0 Å². The lowest BCUT2D eigenvalue weighted by molar-refractivity contribution is 0.187. The number of benzene rings is 1. The fraction of sp³-hybridized carbons (Fsp3) is 0.444. The van der Waals surface area contributed by atoms with E-state index in [1.54, 1.807) is 17.2 Å². The van der Waals surface area contributed by atoms with E-state index in [1.165, 1.54) is 0 Å². The fourth-order valence-corrected chi connectivity index (χ4v) is 2.84. The molecule has 2 rings (SSSR count). The van der Waals surface area contributed by atoms with Crippen LogP contribution in [0.2, 0.25) is 10.0 Å². The third-order valence-corrected chi connectivity index (χ3v) is 4.23. The van der Waals surface area contributed by atoms with E-state index in [2.05, 4.69) is 10.3 Å². The first-order valence-electron chi connectivity index (χ1n) is 8.20. The summed E-state index contributed by atoms with van der Waals surface area (Å²) in [7, 11) is 0. The van der Waals surface area contributed by atoms with Gasteiger partial charge in [0, 0.05) is 34.5 Å². The van der Waals surface area contributed by atoms with Crippen molar-refractivity contribution in [2.45, 2.75) is 46.3 Å². The molecular weight excluding hydrogens is 359 g/mol. The molecule has 2 amide bonds. The quantitative estimate of drug-likeness (QED) is 0.823. The number of nitrogens with zero attached hydrogens (tertiary/aromatic N) is 3. The number of urea groups is 1. The summed E-state index contributed by atoms with van der Waals surface area (Å²) in [5.74, 6) is 0.803. The van der Waals surface area contributed by atoms with Crippen LogP contribution < -0.4 is 5.32 Å². The van der Waals surface area contributed by atoms with Crippen LogP contribution in [0.3, 0.4) is 0 Å². The monoisotopic (exact) mass is 382 g/mol. The van der Waals surface area contributed by atoms with Crippen LogP contribution in [0.25, 0.3) is 0 Å². The van der Waals surface area contributed by atoms with Gasteiger partial charge in [0.05, 0.1) is 13.1 Å². The van der Waals surface area contributed by atoms with E-state index in [-0.39, 0.29) is 11.6 Å². The van der Waals surface area contributed by atoms with Gasteiger partial charge in [0.2, 0.25) is 0 Å². The van der Waals surface area contributed by atoms with E-state index in [4.69, 9.17) is 23.2 Å². The van der Waals surface area contributed by atoms with E-state index < -0.39 is 0 Å². The predicted molar refractivity (Wildman–Crippen MR) is 102 cm³/mol. The van der Waals surface area contributed by atoms with Gasteiger partial charge in [-0.2, -0.15) is 0 Å². The van der Waals surface area contributed by atoms with Gasteiger partial charge >= 0.3 is 6.03 Å². The zero-order chi connectivity index (χ0) is 18.6. The topological polar surface area (TPSA) is 50.2 Å². The average molecular weight is 383 g/mol. The molecule has 0 radical (unpaired) electrons. The molecule has 136 valence electrons. The van der Waals surface area contributed by atoms with Crippen molar-refractivity contribution in [3.63, 3.8) is 0 Å². The Kier molecular flexibility index (Phi) is 6.36. The van der Waals surface area contributed by atoms with Crippen molar-refractivity contribution in [2.75, 3.05) is 6.54 Å². The highest BCUT2D eigenvalue weighted by Crippen LogP contribution is 2.22. The maximum absolute atomic E-state index is 12.4. The van der Waals surface area contributed by atoms with Gasteiger partial charge in [0.15, 0.2) is 0 Å². The molecule has 0 atom stereocenters. The lowest BCUT2D eigenvalue weighted by Gasteiger charge is -2.27. The first-order chi connectivity index (χ1) is 11.7. The zero-order valence-corrected chi connectivity index (χ0v) is 16.5. The molecule has 1 N–H and O–H groups in total. The fourth-order valence-electron chi connectivity index (χ4n) is 2.37. The Morgan fingerprint density at radius 1 is 1.32 bits per heavy atom. The van der Waals surface area contributed by atoms with E-state index >= 15 is 0 Å². The Balaban J connectivity index is 2.13. The molecule has 1 heterocycles. The molecular formula is C18H24Cl2N4O. The lowest BCUT2D eigenvalue weighted by Crippen LogP contribution is -2.48. The maximum atomic E-state index is 12.4. The van der Waals surface area contributed by atoms with Crippen LogP contribution in [0.1, 0.15) is 39.1 Å². The summed E-state index contributed by atoms with van der Waals surface area (Å²) in [6.07, 6.45) is 3.62. The summed E-state index contributed by atoms with van der Waals surface area (Å²) in [5.41, 5.74) is 0.670. The van der Waals surface area contributed by atoms with Gasteiger partial charge in [0.25, 0.3) is 0 Å². The SMILES string of the molecule is CCN(Cc1nccn1Cc1ccc(Cl)cc1Cl)C(=O)NC(C)(C)C. The molecule has 0 aliphatic rings. The molecule has 0 fully saturated rings. The van der Waals surface area contributed by atoms with Gasteiger partial charge in [-0.3, -0.25) is 0 Å². The van der Waals surface area contributed by atoms with Gasteiger partial charge in [-0.1, -0.05) is 29.3 Å².